The molecule has 3 saturated heterocycles. The minimum absolute atomic E-state index is 0.172. The Balaban J connectivity index is 1.51. The van der Waals surface area contributed by atoms with E-state index in [9.17, 15) is 13.2 Å². The Bertz CT molecular complexity index is 467. The summed E-state index contributed by atoms with van der Waals surface area (Å²) in [6.45, 7) is 4.17. The van der Waals surface area contributed by atoms with E-state index in [1.807, 2.05) is 0 Å². The van der Waals surface area contributed by atoms with Crippen LogP contribution in [0.3, 0.4) is 0 Å². The number of fused-ring (bicyclic) bond motifs is 3. The first-order valence-electron chi connectivity index (χ1n) is 7.30. The lowest BCUT2D eigenvalue weighted by atomic mass is 9.84. The highest BCUT2D eigenvalue weighted by Gasteiger charge is 2.33. The molecule has 0 amide bonds. The minimum Gasteiger partial charge on any atom is -0.406 e. The van der Waals surface area contributed by atoms with Crippen molar-refractivity contribution in [3.05, 3.63) is 29.8 Å². The number of rotatable bonds is 4. The van der Waals surface area contributed by atoms with E-state index in [0.717, 1.165) is 18.0 Å². The number of halogens is 3. The molecule has 1 N–H and O–H groups in total. The van der Waals surface area contributed by atoms with Gasteiger partial charge >= 0.3 is 6.36 Å². The molecule has 0 radical (unpaired) electrons. The van der Waals surface area contributed by atoms with Crippen molar-refractivity contribution in [2.45, 2.75) is 31.8 Å². The topological polar surface area (TPSA) is 24.5 Å². The monoisotopic (exact) mass is 300 g/mol. The summed E-state index contributed by atoms with van der Waals surface area (Å²) >= 11 is 0. The summed E-state index contributed by atoms with van der Waals surface area (Å²) in [5.41, 5.74) is 0.973. The molecule has 6 heteroatoms. The van der Waals surface area contributed by atoms with Gasteiger partial charge < -0.3 is 15.0 Å². The van der Waals surface area contributed by atoms with E-state index in [4.69, 9.17) is 0 Å². The molecular formula is C15H19F3N2O. The fourth-order valence-corrected chi connectivity index (χ4v) is 3.25. The molecule has 0 spiro atoms. The molecule has 1 unspecified atom stereocenters. The summed E-state index contributed by atoms with van der Waals surface area (Å²) in [6, 6.07) is 6.58. The second kappa shape index (κ2) is 5.85. The number of alkyl halides is 3. The molecule has 21 heavy (non-hydrogen) atoms. The zero-order valence-corrected chi connectivity index (χ0v) is 11.7. The Morgan fingerprint density at radius 3 is 2.33 bits per heavy atom. The maximum Gasteiger partial charge on any atom is 0.573 e. The molecule has 1 aromatic carbocycles. The maximum atomic E-state index is 12.1. The fourth-order valence-electron chi connectivity index (χ4n) is 3.25. The highest BCUT2D eigenvalue weighted by atomic mass is 19.4. The smallest absolute Gasteiger partial charge is 0.406 e. The van der Waals surface area contributed by atoms with Gasteiger partial charge in [-0.25, -0.2) is 0 Å². The van der Waals surface area contributed by atoms with Crippen molar-refractivity contribution in [1.29, 1.82) is 0 Å². The Kier molecular flexibility index (Phi) is 4.08. The summed E-state index contributed by atoms with van der Waals surface area (Å²) < 4.78 is 40.1. The number of nitrogens with one attached hydrogen (secondary N) is 1. The fraction of sp³-hybridized carbons (Fsp3) is 0.600. The lowest BCUT2D eigenvalue weighted by Gasteiger charge is -2.45. The van der Waals surface area contributed by atoms with Gasteiger partial charge in [0.1, 0.15) is 5.75 Å². The maximum absolute atomic E-state index is 12.1. The molecule has 4 rings (SSSR count). The van der Waals surface area contributed by atoms with E-state index in [-0.39, 0.29) is 5.75 Å². The average molecular weight is 300 g/mol. The van der Waals surface area contributed by atoms with Crippen molar-refractivity contribution in [3.8, 4) is 5.75 Å². The third-order valence-corrected chi connectivity index (χ3v) is 4.38. The molecule has 3 heterocycles. The standard InChI is InChI=1S/C15H19F3N2O/c16-15(17,18)21-13-3-1-11(2-4-13)9-19-14-10-20-7-5-12(14)6-8-20/h1-4,12,14,19H,5-10H2. The van der Waals surface area contributed by atoms with Crippen molar-refractivity contribution in [2.24, 2.45) is 5.92 Å². The molecule has 3 nitrogen and oxygen atoms in total. The Morgan fingerprint density at radius 2 is 1.81 bits per heavy atom. The van der Waals surface area contributed by atoms with Crippen LogP contribution in [0.1, 0.15) is 18.4 Å². The van der Waals surface area contributed by atoms with Crippen LogP contribution < -0.4 is 10.1 Å². The largest absolute Gasteiger partial charge is 0.573 e. The predicted molar refractivity (Wildman–Crippen MR) is 72.9 cm³/mol. The molecule has 0 aromatic heterocycles. The number of hydrogen-bond acceptors (Lipinski definition) is 3. The van der Waals surface area contributed by atoms with Gasteiger partial charge in [-0.2, -0.15) is 0 Å². The normalized spacial score (nSPS) is 28.6. The van der Waals surface area contributed by atoms with Crippen molar-refractivity contribution >= 4 is 0 Å². The van der Waals surface area contributed by atoms with Crippen LogP contribution in [0.2, 0.25) is 0 Å². The van der Waals surface area contributed by atoms with E-state index in [2.05, 4.69) is 15.0 Å². The molecule has 116 valence electrons. The van der Waals surface area contributed by atoms with Crippen LogP contribution in [0.5, 0.6) is 5.75 Å². The molecule has 2 bridgehead atoms. The third-order valence-electron chi connectivity index (χ3n) is 4.38. The highest BCUT2D eigenvalue weighted by molar-refractivity contribution is 5.27. The van der Waals surface area contributed by atoms with Crippen molar-refractivity contribution in [1.82, 2.24) is 10.2 Å². The molecule has 1 aromatic rings. The van der Waals surface area contributed by atoms with Gasteiger partial charge in [0.2, 0.25) is 0 Å². The number of hydrogen-bond donors (Lipinski definition) is 1. The van der Waals surface area contributed by atoms with Crippen LogP contribution in [-0.4, -0.2) is 36.9 Å². The van der Waals surface area contributed by atoms with Gasteiger partial charge in [0.15, 0.2) is 0 Å². The Labute approximate surface area is 122 Å². The first-order chi connectivity index (χ1) is 9.99. The van der Waals surface area contributed by atoms with Gasteiger partial charge in [0.25, 0.3) is 0 Å². The van der Waals surface area contributed by atoms with E-state index >= 15 is 0 Å². The summed E-state index contributed by atoms with van der Waals surface area (Å²) in [5, 5.41) is 3.53. The molecule has 3 aliphatic rings. The molecule has 3 aliphatic heterocycles. The van der Waals surface area contributed by atoms with Gasteiger partial charge in [-0.15, -0.1) is 13.2 Å². The van der Waals surface area contributed by atoms with E-state index in [1.165, 1.54) is 38.1 Å². The number of piperidine rings is 3. The van der Waals surface area contributed by atoms with E-state index < -0.39 is 6.36 Å². The quantitative estimate of drug-likeness (QED) is 0.925. The Hall–Kier alpha value is -1.27. The van der Waals surface area contributed by atoms with Gasteiger partial charge in [-0.05, 0) is 49.5 Å². The summed E-state index contributed by atoms with van der Waals surface area (Å²) in [4.78, 5) is 2.47. The second-order valence-corrected chi connectivity index (χ2v) is 5.82. The van der Waals surface area contributed by atoms with Gasteiger partial charge in [-0.3, -0.25) is 0 Å². The third kappa shape index (κ3) is 3.89. The lowest BCUT2D eigenvalue weighted by molar-refractivity contribution is -0.274. The molecule has 0 aliphatic carbocycles. The van der Waals surface area contributed by atoms with Crippen LogP contribution >= 0.6 is 0 Å². The summed E-state index contributed by atoms with van der Waals surface area (Å²) in [5.74, 6) is 0.567. The van der Waals surface area contributed by atoms with Gasteiger partial charge in [0, 0.05) is 19.1 Å². The van der Waals surface area contributed by atoms with Crippen molar-refractivity contribution in [3.63, 3.8) is 0 Å². The molecule has 3 fully saturated rings. The van der Waals surface area contributed by atoms with Crippen LogP contribution in [0.25, 0.3) is 0 Å². The summed E-state index contributed by atoms with van der Waals surface area (Å²) in [6.07, 6.45) is -2.14. The second-order valence-electron chi connectivity index (χ2n) is 5.82. The molecular weight excluding hydrogens is 281 g/mol. The van der Waals surface area contributed by atoms with Gasteiger partial charge in [-0.1, -0.05) is 12.1 Å². The first kappa shape index (κ1) is 14.7. The van der Waals surface area contributed by atoms with E-state index in [0.29, 0.717) is 12.6 Å². The lowest BCUT2D eigenvalue weighted by Crippen LogP contribution is -2.55. The minimum atomic E-state index is -4.63. The number of benzene rings is 1. The van der Waals surface area contributed by atoms with Gasteiger partial charge in [0.05, 0.1) is 0 Å². The molecule has 0 saturated carbocycles. The van der Waals surface area contributed by atoms with Crippen LogP contribution in [0, 0.1) is 5.92 Å². The zero-order chi connectivity index (χ0) is 14.9. The van der Waals surface area contributed by atoms with Crippen LogP contribution in [0.4, 0.5) is 13.2 Å². The first-order valence-corrected chi connectivity index (χ1v) is 7.30. The highest BCUT2D eigenvalue weighted by Crippen LogP contribution is 2.28. The van der Waals surface area contributed by atoms with Crippen LogP contribution in [-0.2, 0) is 6.54 Å². The number of ether oxygens (including phenoxy) is 1. The van der Waals surface area contributed by atoms with Crippen LogP contribution in [0.15, 0.2) is 24.3 Å². The molecule has 1 atom stereocenters. The SMILES string of the molecule is FC(F)(F)Oc1ccc(CNC2CN3CCC2CC3)cc1. The zero-order valence-electron chi connectivity index (χ0n) is 11.7. The van der Waals surface area contributed by atoms with Crippen molar-refractivity contribution in [2.75, 3.05) is 19.6 Å². The number of nitrogens with zero attached hydrogens (tertiary/aromatic N) is 1. The Morgan fingerprint density at radius 1 is 1.14 bits per heavy atom. The summed E-state index contributed by atoms with van der Waals surface area (Å²) in [7, 11) is 0. The van der Waals surface area contributed by atoms with E-state index in [1.54, 1.807) is 12.1 Å². The predicted octanol–water partition coefficient (Wildman–Crippen LogP) is 2.77. The average Bonchev–Trinajstić information content (AvgIpc) is 2.46. The van der Waals surface area contributed by atoms with Crippen molar-refractivity contribution < 1.29 is 17.9 Å².